The van der Waals surface area contributed by atoms with Crippen molar-refractivity contribution < 1.29 is 33.4 Å². The van der Waals surface area contributed by atoms with Crippen LogP contribution in [0.5, 0.6) is 5.75 Å². The van der Waals surface area contributed by atoms with Crippen molar-refractivity contribution in [3.63, 3.8) is 0 Å². The predicted octanol–water partition coefficient (Wildman–Crippen LogP) is 1.19. The summed E-state index contributed by atoms with van der Waals surface area (Å²) in [5.41, 5.74) is 7.32. The number of amides is 3. The Morgan fingerprint density at radius 2 is 1.66 bits per heavy atom. The predicted molar refractivity (Wildman–Crippen MR) is 150 cm³/mol. The van der Waals surface area contributed by atoms with Crippen LogP contribution in [0.4, 0.5) is 0 Å². The van der Waals surface area contributed by atoms with Gasteiger partial charge in [-0.1, -0.05) is 12.1 Å². The lowest BCUT2D eigenvalue weighted by atomic mass is 10.0. The standard InChI is InChI=1S/C29H35N5O7/c1-18(36)32-24(29(39)40-2)15-21-9-10-22(26(30)31)16-25(21)41-17-23(11-14-35)33-27(37)19-5-7-20(8-6-19)28(38)34-12-3-4-13-34/h5-10,14,16,23-24H,3-4,11-13,15,17H2,1-2H3,(H3,30,31)(H,32,36)(H,33,37)/t23-,24?/m1/s1. The molecule has 1 aliphatic heterocycles. The number of amidine groups is 1. The smallest absolute Gasteiger partial charge is 0.328 e. The number of benzene rings is 2. The highest BCUT2D eigenvalue weighted by atomic mass is 16.5. The maximum atomic E-state index is 12.9. The van der Waals surface area contributed by atoms with Gasteiger partial charge in [-0.3, -0.25) is 19.8 Å². The highest BCUT2D eigenvalue weighted by Gasteiger charge is 2.24. The monoisotopic (exact) mass is 565 g/mol. The topological polar surface area (TPSA) is 181 Å². The van der Waals surface area contributed by atoms with Gasteiger partial charge >= 0.3 is 5.97 Å². The van der Waals surface area contributed by atoms with Gasteiger partial charge < -0.3 is 35.5 Å². The van der Waals surface area contributed by atoms with E-state index >= 15 is 0 Å². The molecule has 1 fully saturated rings. The number of aldehydes is 1. The number of carbonyl (C=O) groups excluding carboxylic acids is 5. The molecule has 2 aromatic rings. The fraction of sp³-hybridized carbons (Fsp3) is 0.379. The summed E-state index contributed by atoms with van der Waals surface area (Å²) in [5, 5.41) is 13.1. The summed E-state index contributed by atoms with van der Waals surface area (Å²) in [5.74, 6) is -1.55. The second kappa shape index (κ2) is 14.6. The molecule has 0 saturated carbocycles. The van der Waals surface area contributed by atoms with Crippen LogP contribution >= 0.6 is 0 Å². The molecule has 12 heteroatoms. The van der Waals surface area contributed by atoms with Crippen LogP contribution in [-0.2, 0) is 25.5 Å². The Labute approximate surface area is 238 Å². The minimum absolute atomic E-state index is 0.0208. The van der Waals surface area contributed by atoms with Gasteiger partial charge in [0, 0.05) is 49.5 Å². The number of rotatable bonds is 13. The Kier molecular flexibility index (Phi) is 11.0. The largest absolute Gasteiger partial charge is 0.491 e. The molecule has 2 aromatic carbocycles. The SMILES string of the molecule is COC(=O)C(Cc1ccc(C(=N)N)cc1OC[C@@H](CC=O)NC(=O)c1ccc(C(=O)N2CCCC2)cc1)NC(C)=O. The first kappa shape index (κ1) is 30.8. The number of likely N-dealkylation sites (tertiary alicyclic amines) is 1. The van der Waals surface area contributed by atoms with E-state index in [0.717, 1.165) is 25.9 Å². The molecule has 3 amide bonds. The summed E-state index contributed by atoms with van der Waals surface area (Å²) in [4.78, 5) is 62.5. The van der Waals surface area contributed by atoms with Crippen LogP contribution in [0.1, 0.15) is 58.0 Å². The molecule has 3 rings (SSSR count). The first-order chi connectivity index (χ1) is 19.6. The Morgan fingerprint density at radius 1 is 1.02 bits per heavy atom. The van der Waals surface area contributed by atoms with Gasteiger partial charge in [0.1, 0.15) is 30.5 Å². The quantitative estimate of drug-likeness (QED) is 0.121. The Morgan fingerprint density at radius 3 is 2.24 bits per heavy atom. The minimum atomic E-state index is -0.992. The molecule has 0 aliphatic carbocycles. The van der Waals surface area contributed by atoms with Gasteiger partial charge in [-0.2, -0.15) is 0 Å². The number of esters is 1. The lowest BCUT2D eigenvalue weighted by Gasteiger charge is -2.21. The molecule has 0 radical (unpaired) electrons. The van der Waals surface area contributed by atoms with Gasteiger partial charge in [-0.15, -0.1) is 0 Å². The number of nitrogen functional groups attached to an aromatic ring is 1. The van der Waals surface area contributed by atoms with Gasteiger partial charge in [-0.05, 0) is 48.7 Å². The molecule has 12 nitrogen and oxygen atoms in total. The molecule has 0 spiro atoms. The third-order valence-electron chi connectivity index (χ3n) is 6.61. The molecule has 218 valence electrons. The summed E-state index contributed by atoms with van der Waals surface area (Å²) < 4.78 is 10.8. The lowest BCUT2D eigenvalue weighted by molar-refractivity contribution is -0.144. The molecule has 1 heterocycles. The highest BCUT2D eigenvalue weighted by Crippen LogP contribution is 2.23. The van der Waals surface area contributed by atoms with Crippen molar-refractivity contribution in [1.82, 2.24) is 15.5 Å². The maximum Gasteiger partial charge on any atom is 0.328 e. The van der Waals surface area contributed by atoms with Crippen LogP contribution in [0.25, 0.3) is 0 Å². The average molecular weight is 566 g/mol. The molecular formula is C29H35N5O7. The Bertz CT molecular complexity index is 1290. The van der Waals surface area contributed by atoms with Gasteiger partial charge in [-0.25, -0.2) is 4.79 Å². The van der Waals surface area contributed by atoms with Gasteiger partial charge in [0.2, 0.25) is 5.91 Å². The molecule has 0 aromatic heterocycles. The van der Waals surface area contributed by atoms with Crippen LogP contribution in [0, 0.1) is 5.41 Å². The average Bonchev–Trinajstić information content (AvgIpc) is 3.50. The molecule has 1 saturated heterocycles. The van der Waals surface area contributed by atoms with Crippen molar-refractivity contribution in [3.8, 4) is 5.75 Å². The number of nitrogens with two attached hydrogens (primary N) is 1. The molecule has 1 aliphatic rings. The van der Waals surface area contributed by atoms with Crippen molar-refractivity contribution in [2.24, 2.45) is 5.73 Å². The molecule has 41 heavy (non-hydrogen) atoms. The van der Waals surface area contributed by atoms with E-state index in [4.69, 9.17) is 20.6 Å². The van der Waals surface area contributed by atoms with Crippen molar-refractivity contribution in [3.05, 3.63) is 64.7 Å². The fourth-order valence-electron chi connectivity index (χ4n) is 4.44. The zero-order valence-electron chi connectivity index (χ0n) is 23.1. The van der Waals surface area contributed by atoms with Crippen molar-refractivity contribution >= 4 is 35.8 Å². The van der Waals surface area contributed by atoms with Crippen molar-refractivity contribution in [1.29, 1.82) is 5.41 Å². The summed E-state index contributed by atoms with van der Waals surface area (Å²) in [6.45, 7) is 2.61. The van der Waals surface area contributed by atoms with E-state index in [1.807, 2.05) is 0 Å². The first-order valence-electron chi connectivity index (χ1n) is 13.2. The van der Waals surface area contributed by atoms with Crippen LogP contribution in [0.3, 0.4) is 0 Å². The normalized spacial score (nSPS) is 14.0. The number of methoxy groups -OCH3 is 1. The maximum absolute atomic E-state index is 12.9. The van der Waals surface area contributed by atoms with Crippen LogP contribution in [0.15, 0.2) is 42.5 Å². The highest BCUT2D eigenvalue weighted by molar-refractivity contribution is 5.98. The number of nitrogens with one attached hydrogen (secondary N) is 3. The molecule has 1 unspecified atom stereocenters. The van der Waals surface area contributed by atoms with Crippen molar-refractivity contribution in [2.75, 3.05) is 26.8 Å². The summed E-state index contributed by atoms with van der Waals surface area (Å²) >= 11 is 0. The molecule has 2 atom stereocenters. The van der Waals surface area contributed by atoms with Crippen LogP contribution < -0.4 is 21.1 Å². The van der Waals surface area contributed by atoms with E-state index in [9.17, 15) is 24.0 Å². The first-order valence-corrected chi connectivity index (χ1v) is 13.2. The van der Waals surface area contributed by atoms with E-state index in [2.05, 4.69) is 10.6 Å². The van der Waals surface area contributed by atoms with Crippen LogP contribution in [-0.4, -0.2) is 79.6 Å². The van der Waals surface area contributed by atoms with Gasteiger partial charge in [0.05, 0.1) is 13.2 Å². The molecule has 0 bridgehead atoms. The lowest BCUT2D eigenvalue weighted by Crippen LogP contribution is -2.42. The van der Waals surface area contributed by atoms with E-state index in [1.165, 1.54) is 20.1 Å². The number of ether oxygens (including phenoxy) is 2. The summed E-state index contributed by atoms with van der Waals surface area (Å²) in [7, 11) is 1.21. The zero-order valence-corrected chi connectivity index (χ0v) is 23.1. The van der Waals surface area contributed by atoms with Gasteiger partial charge in [0.25, 0.3) is 11.8 Å². The third kappa shape index (κ3) is 8.62. The minimum Gasteiger partial charge on any atom is -0.491 e. The second-order valence-corrected chi connectivity index (χ2v) is 9.68. The Hall–Kier alpha value is -4.74. The van der Waals surface area contributed by atoms with E-state index in [-0.39, 0.29) is 36.9 Å². The van der Waals surface area contributed by atoms with Gasteiger partial charge in [0.15, 0.2) is 0 Å². The number of carbonyl (C=O) groups is 5. The number of hydrogen-bond acceptors (Lipinski definition) is 8. The second-order valence-electron chi connectivity index (χ2n) is 9.68. The molecular weight excluding hydrogens is 530 g/mol. The zero-order chi connectivity index (χ0) is 29.9. The van der Waals surface area contributed by atoms with E-state index < -0.39 is 29.9 Å². The number of nitrogens with zero attached hydrogens (tertiary/aromatic N) is 1. The van der Waals surface area contributed by atoms with Crippen LogP contribution in [0.2, 0.25) is 0 Å². The summed E-state index contributed by atoms with van der Waals surface area (Å²) in [6.07, 6.45) is 2.59. The van der Waals surface area contributed by atoms with E-state index in [1.54, 1.807) is 41.3 Å². The third-order valence-corrected chi connectivity index (χ3v) is 6.61. The van der Waals surface area contributed by atoms with E-state index in [0.29, 0.717) is 28.5 Å². The fourth-order valence-corrected chi connectivity index (χ4v) is 4.44. The summed E-state index contributed by atoms with van der Waals surface area (Å²) in [6, 6.07) is 9.32. The molecule has 5 N–H and O–H groups in total. The van der Waals surface area contributed by atoms with Crippen molar-refractivity contribution in [2.45, 2.75) is 44.7 Å². The Balaban J connectivity index is 1.73. The number of hydrogen-bond donors (Lipinski definition) is 4.